The van der Waals surface area contributed by atoms with Crippen LogP contribution < -0.4 is 0 Å². The molecular weight excluding hydrogens is 515 g/mol. The van der Waals surface area contributed by atoms with Crippen LogP contribution in [-0.4, -0.2) is 39.8 Å². The van der Waals surface area contributed by atoms with Crippen molar-refractivity contribution in [3.8, 4) is 0 Å². The SMILES string of the molecule is CCCCC(CC)CS.CCCCC(CC)CS.CCCCC(CC)CS.[CH3][SnH]. The molecule has 0 fully saturated rings. The molecule has 29 heavy (non-hydrogen) atoms. The molecule has 180 valence electrons. The van der Waals surface area contributed by atoms with Gasteiger partial charge in [-0.2, -0.15) is 37.9 Å². The van der Waals surface area contributed by atoms with Crippen LogP contribution in [0.2, 0.25) is 4.94 Å². The van der Waals surface area contributed by atoms with E-state index < -0.39 is 0 Å². The molecule has 4 heteroatoms. The van der Waals surface area contributed by atoms with Crippen LogP contribution in [0.25, 0.3) is 0 Å². The topological polar surface area (TPSA) is 0 Å². The summed E-state index contributed by atoms with van der Waals surface area (Å²) >= 11 is 14.2. The Bertz CT molecular complexity index is 190. The van der Waals surface area contributed by atoms with Crippen molar-refractivity contribution >= 4 is 60.4 Å². The predicted octanol–water partition coefficient (Wildman–Crippen LogP) is 9.33. The molecule has 0 aromatic carbocycles. The fourth-order valence-corrected chi connectivity index (χ4v) is 4.07. The quantitative estimate of drug-likeness (QED) is 0.126. The van der Waals surface area contributed by atoms with E-state index in [2.05, 4.69) is 84.4 Å². The summed E-state index contributed by atoms with van der Waals surface area (Å²) in [7, 11) is 0. The maximum absolute atomic E-state index is 4.27. The summed E-state index contributed by atoms with van der Waals surface area (Å²) in [6, 6.07) is 0. The van der Waals surface area contributed by atoms with Crippen molar-refractivity contribution in [2.75, 3.05) is 17.3 Å². The molecule has 3 atom stereocenters. The Kier molecular flexibility index (Phi) is 48.9. The van der Waals surface area contributed by atoms with Gasteiger partial charge in [-0.15, -0.1) is 0 Å². The molecule has 0 aliphatic carbocycles. The van der Waals surface area contributed by atoms with Crippen molar-refractivity contribution in [3.63, 3.8) is 0 Å². The molecule has 0 nitrogen and oxygen atoms in total. The molecule has 0 saturated carbocycles. The van der Waals surface area contributed by atoms with Gasteiger partial charge in [-0.1, -0.05) is 99.3 Å². The first kappa shape index (κ1) is 38.1. The Hall–Kier alpha value is 1.85. The molecule has 0 aromatic rings. The molecular formula is C25H58S3Sn. The average Bonchev–Trinajstić information content (AvgIpc) is 2.78. The molecule has 3 unspecified atom stereocenters. The van der Waals surface area contributed by atoms with Crippen molar-refractivity contribution in [2.24, 2.45) is 17.8 Å². The Morgan fingerprint density at radius 1 is 0.483 bits per heavy atom. The molecule has 0 spiro atoms. The third kappa shape index (κ3) is 34.6. The number of hydrogen-bond donors (Lipinski definition) is 3. The number of hydrogen-bond acceptors (Lipinski definition) is 3. The molecule has 0 aliphatic rings. The summed E-state index contributed by atoms with van der Waals surface area (Å²) < 4.78 is 0. The van der Waals surface area contributed by atoms with Crippen molar-refractivity contribution in [3.05, 3.63) is 0 Å². The van der Waals surface area contributed by atoms with Crippen LogP contribution in [0.3, 0.4) is 0 Å². The van der Waals surface area contributed by atoms with Crippen LogP contribution in [0.5, 0.6) is 0 Å². The number of unbranched alkanes of at least 4 members (excludes halogenated alkanes) is 3. The van der Waals surface area contributed by atoms with Gasteiger partial charge in [0.1, 0.15) is 0 Å². The fraction of sp³-hybridized carbons (Fsp3) is 1.00. The number of rotatable bonds is 15. The van der Waals surface area contributed by atoms with Crippen LogP contribution in [0.15, 0.2) is 0 Å². The van der Waals surface area contributed by atoms with Crippen LogP contribution in [0.1, 0.15) is 119 Å². The second kappa shape index (κ2) is 37.2. The predicted molar refractivity (Wildman–Crippen MR) is 154 cm³/mol. The van der Waals surface area contributed by atoms with E-state index in [9.17, 15) is 0 Å². The first-order valence-corrected chi connectivity index (χ1v) is 17.6. The number of thiol groups is 3. The molecule has 0 amide bonds. The van der Waals surface area contributed by atoms with Crippen molar-refractivity contribution in [1.29, 1.82) is 0 Å². The van der Waals surface area contributed by atoms with Crippen LogP contribution in [0.4, 0.5) is 0 Å². The zero-order chi connectivity index (χ0) is 23.3. The summed E-state index contributed by atoms with van der Waals surface area (Å²) in [5.74, 6) is 5.80. The normalized spacial score (nSPS) is 12.9. The third-order valence-electron chi connectivity index (χ3n) is 5.40. The summed E-state index contributed by atoms with van der Waals surface area (Å²) in [5, 5.41) is 0. The molecule has 0 N–H and O–H groups in total. The van der Waals surface area contributed by atoms with E-state index in [1.165, 1.54) is 99.6 Å². The van der Waals surface area contributed by atoms with Gasteiger partial charge in [0.2, 0.25) is 0 Å². The van der Waals surface area contributed by atoms with E-state index >= 15 is 0 Å². The molecule has 0 rings (SSSR count). The molecule has 0 aromatic heterocycles. The van der Waals surface area contributed by atoms with Gasteiger partial charge in [0.05, 0.1) is 0 Å². The fourth-order valence-electron chi connectivity index (χ4n) is 2.75. The third-order valence-corrected chi connectivity index (χ3v) is 6.95. The van der Waals surface area contributed by atoms with Crippen molar-refractivity contribution in [2.45, 2.75) is 124 Å². The maximum atomic E-state index is 4.27. The van der Waals surface area contributed by atoms with E-state index in [0.29, 0.717) is 0 Å². The Balaban J connectivity index is -0.000000155. The second-order valence-corrected chi connectivity index (χ2v) is 8.89. The first-order chi connectivity index (χ1) is 14.0. The summed E-state index contributed by atoms with van der Waals surface area (Å²) in [5.41, 5.74) is 0. The van der Waals surface area contributed by atoms with Gasteiger partial charge < -0.3 is 0 Å². The van der Waals surface area contributed by atoms with Crippen LogP contribution >= 0.6 is 37.9 Å². The minimum absolute atomic E-state index is 0.869. The van der Waals surface area contributed by atoms with Gasteiger partial charge in [-0.3, -0.25) is 0 Å². The molecule has 2 radical (unpaired) electrons. The Labute approximate surface area is 217 Å². The van der Waals surface area contributed by atoms with E-state index in [1.807, 2.05) is 0 Å². The van der Waals surface area contributed by atoms with E-state index in [1.54, 1.807) is 0 Å². The van der Waals surface area contributed by atoms with Gasteiger partial charge in [0.15, 0.2) is 0 Å². The zero-order valence-corrected chi connectivity index (χ0v) is 27.2. The van der Waals surface area contributed by atoms with E-state index in [0.717, 1.165) is 35.0 Å². The van der Waals surface area contributed by atoms with Gasteiger partial charge in [-0.05, 0) is 54.3 Å². The van der Waals surface area contributed by atoms with E-state index in [4.69, 9.17) is 0 Å². The van der Waals surface area contributed by atoms with Gasteiger partial charge >= 0.3 is 27.5 Å². The molecule has 0 aliphatic heterocycles. The molecule has 0 saturated heterocycles. The van der Waals surface area contributed by atoms with Crippen molar-refractivity contribution in [1.82, 2.24) is 0 Å². The minimum atomic E-state index is 0.869. The van der Waals surface area contributed by atoms with Crippen molar-refractivity contribution < 1.29 is 0 Å². The van der Waals surface area contributed by atoms with Gasteiger partial charge in [0, 0.05) is 0 Å². The van der Waals surface area contributed by atoms with Gasteiger partial charge in [-0.25, -0.2) is 0 Å². The summed E-state index contributed by atoms with van der Waals surface area (Å²) in [6.45, 7) is 13.5. The van der Waals surface area contributed by atoms with E-state index in [-0.39, 0.29) is 0 Å². The van der Waals surface area contributed by atoms with Crippen LogP contribution in [0, 0.1) is 17.8 Å². The Morgan fingerprint density at radius 3 is 0.793 bits per heavy atom. The molecule has 0 bridgehead atoms. The Morgan fingerprint density at radius 2 is 0.690 bits per heavy atom. The van der Waals surface area contributed by atoms with Crippen LogP contribution in [-0.2, 0) is 0 Å². The molecule has 0 heterocycles. The monoisotopic (exact) mass is 574 g/mol. The first-order valence-electron chi connectivity index (χ1n) is 12.4. The summed E-state index contributed by atoms with van der Waals surface area (Å²) in [6.07, 6.45) is 16.1. The standard InChI is InChI=1S/3C8H18S.CH3.Sn.H/c3*1-3-5-6-8(4-2)7-9;;;/h3*8-9H,3-7H2,1-2H3;1H3;;. The second-order valence-electron chi connectivity index (χ2n) is 7.80. The van der Waals surface area contributed by atoms with Gasteiger partial charge in [0.25, 0.3) is 0 Å². The summed E-state index contributed by atoms with van der Waals surface area (Å²) in [4.78, 5) is 2.13. The average molecular weight is 574 g/mol. The zero-order valence-electron chi connectivity index (χ0n) is 21.3.